The minimum absolute atomic E-state index is 0.272. The van der Waals surface area contributed by atoms with Gasteiger partial charge < -0.3 is 19.5 Å². The van der Waals surface area contributed by atoms with Crippen LogP contribution < -0.4 is 10.1 Å². The summed E-state index contributed by atoms with van der Waals surface area (Å²) in [6, 6.07) is 7.36. The quantitative estimate of drug-likeness (QED) is 0.558. The average molecular weight is 416 g/mol. The predicted molar refractivity (Wildman–Crippen MR) is 114 cm³/mol. The third-order valence-corrected chi connectivity index (χ3v) is 5.67. The molecule has 0 bridgehead atoms. The first-order valence-corrected chi connectivity index (χ1v) is 10.2. The van der Waals surface area contributed by atoms with E-state index >= 15 is 0 Å². The Balaban J connectivity index is 1.82. The van der Waals surface area contributed by atoms with Gasteiger partial charge in [0.25, 0.3) is 0 Å². The molecular weight excluding hydrogens is 390 g/mol. The maximum absolute atomic E-state index is 12.6. The van der Waals surface area contributed by atoms with Gasteiger partial charge in [-0.15, -0.1) is 11.3 Å². The standard InChI is InChI=1S/C22H25NO5S/c1-5-27-21(25)19-16-12-22(2,3)28-13-17(16)29-20(19)23-18(24)11-8-14-6-9-15(26-4)10-7-14/h6-11H,5,12-13H2,1-4H3,(H,23,24). The molecule has 0 saturated heterocycles. The van der Waals surface area contributed by atoms with Crippen LogP contribution in [-0.4, -0.2) is 31.2 Å². The molecule has 7 heteroatoms. The summed E-state index contributed by atoms with van der Waals surface area (Å²) in [5, 5.41) is 3.34. The van der Waals surface area contributed by atoms with Crippen LogP contribution in [0.25, 0.3) is 6.08 Å². The van der Waals surface area contributed by atoms with Gasteiger partial charge in [-0.25, -0.2) is 4.79 Å². The van der Waals surface area contributed by atoms with Crippen LogP contribution in [0.15, 0.2) is 30.3 Å². The number of hydrogen-bond donors (Lipinski definition) is 1. The van der Waals surface area contributed by atoms with Crippen molar-refractivity contribution in [2.45, 2.75) is 39.4 Å². The summed E-state index contributed by atoms with van der Waals surface area (Å²) in [4.78, 5) is 26.0. The molecule has 2 heterocycles. The highest BCUT2D eigenvalue weighted by Gasteiger charge is 2.34. The fraction of sp³-hybridized carbons (Fsp3) is 0.364. The number of methoxy groups -OCH3 is 1. The molecule has 0 radical (unpaired) electrons. The molecule has 0 unspecified atom stereocenters. The summed E-state index contributed by atoms with van der Waals surface area (Å²) in [5.74, 6) is 0.0160. The van der Waals surface area contributed by atoms with E-state index in [0.717, 1.165) is 21.8 Å². The van der Waals surface area contributed by atoms with Gasteiger partial charge in [-0.3, -0.25) is 4.79 Å². The zero-order valence-corrected chi connectivity index (χ0v) is 17.9. The van der Waals surface area contributed by atoms with E-state index in [1.54, 1.807) is 20.1 Å². The number of thiophene rings is 1. The lowest BCUT2D eigenvalue weighted by atomic mass is 9.93. The van der Waals surface area contributed by atoms with Crippen molar-refractivity contribution >= 4 is 34.3 Å². The molecule has 0 aliphatic carbocycles. The van der Waals surface area contributed by atoms with Gasteiger partial charge >= 0.3 is 5.97 Å². The van der Waals surface area contributed by atoms with Crippen molar-refractivity contribution in [3.63, 3.8) is 0 Å². The maximum Gasteiger partial charge on any atom is 0.341 e. The molecule has 1 aromatic heterocycles. The molecule has 1 aliphatic heterocycles. The summed E-state index contributed by atoms with van der Waals surface area (Å²) in [7, 11) is 1.60. The van der Waals surface area contributed by atoms with Crippen molar-refractivity contribution in [1.29, 1.82) is 0 Å². The van der Waals surface area contributed by atoms with Gasteiger partial charge in [0.1, 0.15) is 10.8 Å². The fourth-order valence-corrected chi connectivity index (χ4v) is 4.22. The minimum atomic E-state index is -0.419. The topological polar surface area (TPSA) is 73.9 Å². The van der Waals surface area contributed by atoms with Crippen molar-refractivity contribution < 1.29 is 23.8 Å². The number of carbonyl (C=O) groups is 2. The highest BCUT2D eigenvalue weighted by molar-refractivity contribution is 7.17. The van der Waals surface area contributed by atoms with Gasteiger partial charge in [-0.2, -0.15) is 0 Å². The third-order valence-electron chi connectivity index (χ3n) is 4.55. The van der Waals surface area contributed by atoms with Crippen LogP contribution in [0.4, 0.5) is 5.00 Å². The van der Waals surface area contributed by atoms with E-state index in [1.165, 1.54) is 17.4 Å². The third kappa shape index (κ3) is 5.05. The number of carbonyl (C=O) groups excluding carboxylic acids is 2. The smallest absolute Gasteiger partial charge is 0.341 e. The van der Waals surface area contributed by atoms with E-state index in [-0.39, 0.29) is 18.1 Å². The van der Waals surface area contributed by atoms with Crippen molar-refractivity contribution in [3.05, 3.63) is 51.9 Å². The van der Waals surface area contributed by atoms with Gasteiger partial charge in [0.15, 0.2) is 0 Å². The summed E-state index contributed by atoms with van der Waals surface area (Å²) < 4.78 is 16.2. The highest BCUT2D eigenvalue weighted by Crippen LogP contribution is 2.40. The number of amides is 1. The van der Waals surface area contributed by atoms with E-state index in [2.05, 4.69) is 5.32 Å². The lowest BCUT2D eigenvalue weighted by Crippen LogP contribution is -2.32. The second kappa shape index (κ2) is 8.80. The van der Waals surface area contributed by atoms with Crippen LogP contribution in [0.1, 0.15) is 47.1 Å². The van der Waals surface area contributed by atoms with Crippen molar-refractivity contribution in [2.75, 3.05) is 19.0 Å². The zero-order chi connectivity index (χ0) is 21.0. The number of hydrogen-bond acceptors (Lipinski definition) is 6. The largest absolute Gasteiger partial charge is 0.497 e. The van der Waals surface area contributed by atoms with Crippen LogP contribution in [0.5, 0.6) is 5.75 Å². The summed E-state index contributed by atoms with van der Waals surface area (Å²) in [6.07, 6.45) is 3.74. The highest BCUT2D eigenvalue weighted by atomic mass is 32.1. The Morgan fingerprint density at radius 3 is 2.66 bits per heavy atom. The molecule has 2 aromatic rings. The molecule has 1 amide bonds. The first-order valence-electron chi connectivity index (χ1n) is 9.41. The lowest BCUT2D eigenvalue weighted by molar-refractivity contribution is -0.111. The predicted octanol–water partition coefficient (Wildman–Crippen LogP) is 4.44. The number of rotatable bonds is 6. The number of esters is 1. The van der Waals surface area contributed by atoms with E-state index in [9.17, 15) is 9.59 Å². The molecule has 1 aromatic carbocycles. The zero-order valence-electron chi connectivity index (χ0n) is 17.0. The van der Waals surface area contributed by atoms with Crippen LogP contribution in [0.3, 0.4) is 0 Å². The molecule has 154 valence electrons. The maximum atomic E-state index is 12.6. The van der Waals surface area contributed by atoms with Gasteiger partial charge in [0, 0.05) is 17.4 Å². The average Bonchev–Trinajstić information content (AvgIpc) is 3.02. The number of anilines is 1. The number of ether oxygens (including phenoxy) is 3. The van der Waals surface area contributed by atoms with Crippen molar-refractivity contribution in [1.82, 2.24) is 0 Å². The Morgan fingerprint density at radius 2 is 2.00 bits per heavy atom. The van der Waals surface area contributed by atoms with Crippen molar-refractivity contribution in [3.8, 4) is 5.75 Å². The second-order valence-electron chi connectivity index (χ2n) is 7.25. The molecule has 0 fully saturated rings. The van der Waals surface area contributed by atoms with Crippen LogP contribution >= 0.6 is 11.3 Å². The first kappa shape index (κ1) is 21.1. The number of benzene rings is 1. The molecule has 0 spiro atoms. The second-order valence-corrected chi connectivity index (χ2v) is 8.35. The molecule has 6 nitrogen and oxygen atoms in total. The van der Waals surface area contributed by atoms with Crippen molar-refractivity contribution in [2.24, 2.45) is 0 Å². The number of fused-ring (bicyclic) bond motifs is 1. The number of nitrogens with one attached hydrogen (secondary N) is 1. The molecule has 1 N–H and O–H groups in total. The monoisotopic (exact) mass is 415 g/mol. The molecule has 0 saturated carbocycles. The van der Waals surface area contributed by atoms with Crippen LogP contribution in [0, 0.1) is 0 Å². The first-order chi connectivity index (χ1) is 13.8. The molecular formula is C22H25NO5S. The van der Waals surface area contributed by atoms with Gasteiger partial charge in [0.2, 0.25) is 5.91 Å². The Morgan fingerprint density at radius 1 is 1.28 bits per heavy atom. The molecule has 1 aliphatic rings. The molecule has 29 heavy (non-hydrogen) atoms. The summed E-state index contributed by atoms with van der Waals surface area (Å²) in [5.41, 5.74) is 1.84. The van der Waals surface area contributed by atoms with Gasteiger partial charge in [-0.1, -0.05) is 12.1 Å². The van der Waals surface area contributed by atoms with Crippen LogP contribution in [0.2, 0.25) is 0 Å². The van der Waals surface area contributed by atoms with E-state index < -0.39 is 5.97 Å². The molecule has 0 atom stereocenters. The SMILES string of the molecule is CCOC(=O)c1c(NC(=O)C=Cc2ccc(OC)cc2)sc2c1CC(C)(C)OC2. The summed E-state index contributed by atoms with van der Waals surface area (Å²) in [6.45, 7) is 6.42. The van der Waals surface area contributed by atoms with Gasteiger partial charge in [-0.05, 0) is 50.1 Å². The minimum Gasteiger partial charge on any atom is -0.497 e. The van der Waals surface area contributed by atoms with E-state index in [0.29, 0.717) is 23.6 Å². The molecule has 3 rings (SSSR count). The van der Waals surface area contributed by atoms with Crippen LogP contribution in [-0.2, 0) is 27.3 Å². The Bertz CT molecular complexity index is 927. The fourth-order valence-electron chi connectivity index (χ4n) is 3.10. The van der Waals surface area contributed by atoms with Gasteiger partial charge in [0.05, 0.1) is 31.5 Å². The van der Waals surface area contributed by atoms with E-state index in [1.807, 2.05) is 38.1 Å². The Kier molecular flexibility index (Phi) is 6.39. The summed E-state index contributed by atoms with van der Waals surface area (Å²) >= 11 is 1.36. The Labute approximate surface area is 174 Å². The Hall–Kier alpha value is -2.64. The lowest BCUT2D eigenvalue weighted by Gasteiger charge is -2.30. The van der Waals surface area contributed by atoms with E-state index in [4.69, 9.17) is 14.2 Å². The normalized spacial score (nSPS) is 15.0.